The zero-order valence-electron chi connectivity index (χ0n) is 12.1. The second-order valence-corrected chi connectivity index (χ2v) is 4.76. The van der Waals surface area contributed by atoms with Gasteiger partial charge in [-0.3, -0.25) is 14.4 Å². The molecule has 1 fully saturated rings. The molecule has 7 heteroatoms. The van der Waals surface area contributed by atoms with E-state index in [-0.39, 0.29) is 17.7 Å². The molecule has 0 bridgehead atoms. The van der Waals surface area contributed by atoms with Crippen molar-refractivity contribution in [1.29, 1.82) is 0 Å². The maximum Gasteiger partial charge on any atom is 0.247 e. The van der Waals surface area contributed by atoms with Gasteiger partial charge in [-0.2, -0.15) is 0 Å². The third-order valence-electron chi connectivity index (χ3n) is 3.22. The first-order chi connectivity index (χ1) is 10.5. The van der Waals surface area contributed by atoms with E-state index in [1.54, 1.807) is 18.2 Å². The van der Waals surface area contributed by atoms with E-state index in [1.807, 2.05) is 0 Å². The minimum atomic E-state index is -0.527. The number of hydrogen-bond donors (Lipinski definition) is 3. The van der Waals surface area contributed by atoms with Crippen LogP contribution in [0.3, 0.4) is 0 Å². The van der Waals surface area contributed by atoms with Crippen LogP contribution in [0.25, 0.3) is 0 Å². The van der Waals surface area contributed by atoms with E-state index in [4.69, 9.17) is 4.74 Å². The van der Waals surface area contributed by atoms with Gasteiger partial charge in [0.2, 0.25) is 17.7 Å². The highest BCUT2D eigenvalue weighted by Gasteiger charge is 2.27. The molecule has 1 saturated heterocycles. The summed E-state index contributed by atoms with van der Waals surface area (Å²) in [4.78, 5) is 34.6. The maximum atomic E-state index is 12.0. The Morgan fingerprint density at radius 2 is 2.18 bits per heavy atom. The first-order valence-corrected chi connectivity index (χ1v) is 6.75. The third-order valence-corrected chi connectivity index (χ3v) is 3.22. The molecule has 3 N–H and O–H groups in total. The van der Waals surface area contributed by atoms with Crippen LogP contribution in [0.1, 0.15) is 12.8 Å². The Morgan fingerprint density at radius 1 is 1.41 bits per heavy atom. The van der Waals surface area contributed by atoms with Gasteiger partial charge in [0.25, 0.3) is 0 Å². The topological polar surface area (TPSA) is 96.5 Å². The van der Waals surface area contributed by atoms with E-state index in [1.165, 1.54) is 7.11 Å². The highest BCUT2D eigenvalue weighted by Crippen LogP contribution is 2.28. The zero-order chi connectivity index (χ0) is 16.1. The van der Waals surface area contributed by atoms with Crippen LogP contribution in [0.2, 0.25) is 0 Å². The quantitative estimate of drug-likeness (QED) is 0.708. The molecule has 1 aliphatic heterocycles. The van der Waals surface area contributed by atoms with Crippen molar-refractivity contribution in [1.82, 2.24) is 5.32 Å². The van der Waals surface area contributed by atoms with Gasteiger partial charge in [-0.05, 0) is 30.7 Å². The lowest BCUT2D eigenvalue weighted by molar-refractivity contribution is -0.122. The molecule has 1 aromatic rings. The Morgan fingerprint density at radius 3 is 2.77 bits per heavy atom. The molecule has 1 atom stereocenters. The molecule has 3 amide bonds. The van der Waals surface area contributed by atoms with Gasteiger partial charge in [0.15, 0.2) is 0 Å². The van der Waals surface area contributed by atoms with Crippen molar-refractivity contribution in [2.75, 3.05) is 17.7 Å². The molecule has 0 aliphatic carbocycles. The number of carbonyl (C=O) groups excluding carboxylic acids is 3. The molecule has 2 rings (SSSR count). The van der Waals surface area contributed by atoms with Crippen molar-refractivity contribution in [2.45, 2.75) is 18.9 Å². The Kier molecular flexibility index (Phi) is 4.77. The number of ether oxygens (including phenoxy) is 1. The summed E-state index contributed by atoms with van der Waals surface area (Å²) in [6.07, 6.45) is 1.96. The van der Waals surface area contributed by atoms with Crippen molar-refractivity contribution in [3.8, 4) is 5.75 Å². The lowest BCUT2D eigenvalue weighted by Crippen LogP contribution is -2.37. The number of amides is 3. The van der Waals surface area contributed by atoms with Gasteiger partial charge in [0.05, 0.1) is 12.8 Å². The largest absolute Gasteiger partial charge is 0.495 e. The lowest BCUT2D eigenvalue weighted by Gasteiger charge is -2.14. The highest BCUT2D eigenvalue weighted by molar-refractivity contribution is 6.02. The van der Waals surface area contributed by atoms with Crippen molar-refractivity contribution < 1.29 is 19.1 Å². The number of carbonyl (C=O) groups is 3. The van der Waals surface area contributed by atoms with Crippen LogP contribution >= 0.6 is 0 Å². The van der Waals surface area contributed by atoms with Crippen LogP contribution < -0.4 is 20.7 Å². The number of methoxy groups -OCH3 is 1. The lowest BCUT2D eigenvalue weighted by atomic mass is 10.2. The summed E-state index contributed by atoms with van der Waals surface area (Å²) in [7, 11) is 1.48. The van der Waals surface area contributed by atoms with Gasteiger partial charge < -0.3 is 20.7 Å². The Hall–Kier alpha value is -2.83. The van der Waals surface area contributed by atoms with Gasteiger partial charge in [-0.1, -0.05) is 6.58 Å². The molecule has 7 nitrogen and oxygen atoms in total. The smallest absolute Gasteiger partial charge is 0.247 e. The molecule has 0 unspecified atom stereocenters. The predicted octanol–water partition coefficient (Wildman–Crippen LogP) is 1.04. The van der Waals surface area contributed by atoms with E-state index in [2.05, 4.69) is 22.5 Å². The van der Waals surface area contributed by atoms with E-state index < -0.39 is 6.04 Å². The minimum absolute atomic E-state index is 0.131. The minimum Gasteiger partial charge on any atom is -0.495 e. The Bertz CT molecular complexity index is 627. The van der Waals surface area contributed by atoms with Crippen LogP contribution in [-0.4, -0.2) is 30.9 Å². The fourth-order valence-electron chi connectivity index (χ4n) is 2.11. The second kappa shape index (κ2) is 6.75. The number of rotatable bonds is 5. The standard InChI is InChI=1S/C15H17N3O4/c1-3-13(19)18-11-8-9(4-6-12(11)22-2)16-15(21)10-5-7-14(20)17-10/h3-4,6,8,10H,1,5,7H2,2H3,(H,16,21)(H,17,20)(H,18,19)/t10-/m1/s1. The van der Waals surface area contributed by atoms with Crippen molar-refractivity contribution in [3.63, 3.8) is 0 Å². The summed E-state index contributed by atoms with van der Waals surface area (Å²) in [6, 6.07) is 4.33. The monoisotopic (exact) mass is 303 g/mol. The fourth-order valence-corrected chi connectivity index (χ4v) is 2.11. The zero-order valence-corrected chi connectivity index (χ0v) is 12.1. The van der Waals surface area contributed by atoms with E-state index in [0.29, 0.717) is 30.0 Å². The second-order valence-electron chi connectivity index (χ2n) is 4.76. The van der Waals surface area contributed by atoms with Crippen LogP contribution in [0.4, 0.5) is 11.4 Å². The molecule has 1 aliphatic rings. The molecule has 1 heterocycles. The Balaban J connectivity index is 2.12. The molecular formula is C15H17N3O4. The molecule has 22 heavy (non-hydrogen) atoms. The van der Waals surface area contributed by atoms with Crippen LogP contribution in [0.5, 0.6) is 5.75 Å². The average molecular weight is 303 g/mol. The molecular weight excluding hydrogens is 286 g/mol. The maximum absolute atomic E-state index is 12.0. The molecule has 0 aromatic heterocycles. The SMILES string of the molecule is C=CC(=O)Nc1cc(NC(=O)[C@H]2CCC(=O)N2)ccc1OC. The molecule has 0 saturated carbocycles. The molecule has 0 radical (unpaired) electrons. The first-order valence-electron chi connectivity index (χ1n) is 6.75. The summed E-state index contributed by atoms with van der Waals surface area (Å²) in [5.41, 5.74) is 0.909. The summed E-state index contributed by atoms with van der Waals surface area (Å²) in [5.74, 6) is -0.349. The van der Waals surface area contributed by atoms with Crippen LogP contribution in [0.15, 0.2) is 30.9 Å². The predicted molar refractivity (Wildman–Crippen MR) is 81.6 cm³/mol. The number of nitrogens with one attached hydrogen (secondary N) is 3. The van der Waals surface area contributed by atoms with Gasteiger partial charge in [-0.25, -0.2) is 0 Å². The van der Waals surface area contributed by atoms with Gasteiger partial charge >= 0.3 is 0 Å². The summed E-state index contributed by atoms with van der Waals surface area (Å²) in [5, 5.41) is 7.89. The average Bonchev–Trinajstić information content (AvgIpc) is 2.94. The van der Waals surface area contributed by atoms with E-state index in [9.17, 15) is 14.4 Å². The van der Waals surface area contributed by atoms with Gasteiger partial charge in [-0.15, -0.1) is 0 Å². The number of hydrogen-bond acceptors (Lipinski definition) is 4. The number of anilines is 2. The highest BCUT2D eigenvalue weighted by atomic mass is 16.5. The van der Waals surface area contributed by atoms with Crippen molar-refractivity contribution >= 4 is 29.1 Å². The van der Waals surface area contributed by atoms with Crippen LogP contribution in [0, 0.1) is 0 Å². The normalized spacial score (nSPS) is 16.6. The molecule has 1 aromatic carbocycles. The van der Waals surface area contributed by atoms with Crippen molar-refractivity contribution in [2.24, 2.45) is 0 Å². The van der Waals surface area contributed by atoms with Crippen molar-refractivity contribution in [3.05, 3.63) is 30.9 Å². The Labute approximate surface area is 127 Å². The molecule has 116 valence electrons. The van der Waals surface area contributed by atoms with Gasteiger partial charge in [0, 0.05) is 12.1 Å². The first kappa shape index (κ1) is 15.6. The summed E-state index contributed by atoms with van der Waals surface area (Å²) >= 11 is 0. The van der Waals surface area contributed by atoms with E-state index in [0.717, 1.165) is 6.08 Å². The summed E-state index contributed by atoms with van der Waals surface area (Å²) in [6.45, 7) is 3.38. The summed E-state index contributed by atoms with van der Waals surface area (Å²) < 4.78 is 5.15. The molecule has 0 spiro atoms. The fraction of sp³-hybridized carbons (Fsp3) is 0.267. The van der Waals surface area contributed by atoms with Crippen LogP contribution in [-0.2, 0) is 14.4 Å². The number of benzene rings is 1. The van der Waals surface area contributed by atoms with E-state index >= 15 is 0 Å². The van der Waals surface area contributed by atoms with Gasteiger partial charge in [0.1, 0.15) is 11.8 Å². The third kappa shape index (κ3) is 3.63.